The van der Waals surface area contributed by atoms with Gasteiger partial charge >= 0.3 is 0 Å². The standard InChI is InChI=1S/C20H19ClN2O3/c1-2-14-11-23(17-5-3-4-15(21)20(17)26-14)19(25)9-12-6-7-13-10-18(24)22-16(13)8-12/h3-8,14H,2,9-11H2,1H3,(H,22,24). The molecular formula is C20H19ClN2O3. The Morgan fingerprint density at radius 3 is 3.00 bits per heavy atom. The number of amides is 2. The van der Waals surface area contributed by atoms with Gasteiger partial charge in [0.15, 0.2) is 5.75 Å². The molecule has 2 heterocycles. The Bertz CT molecular complexity index is 897. The molecule has 1 atom stereocenters. The molecule has 1 N–H and O–H groups in total. The summed E-state index contributed by atoms with van der Waals surface area (Å²) < 4.78 is 5.94. The molecule has 2 amide bonds. The van der Waals surface area contributed by atoms with Crippen LogP contribution in [0.2, 0.25) is 5.02 Å². The number of rotatable bonds is 3. The Balaban J connectivity index is 1.60. The van der Waals surface area contributed by atoms with Gasteiger partial charge in [0.1, 0.15) is 6.10 Å². The van der Waals surface area contributed by atoms with Gasteiger partial charge in [-0.2, -0.15) is 0 Å². The van der Waals surface area contributed by atoms with Crippen LogP contribution in [0.1, 0.15) is 24.5 Å². The summed E-state index contributed by atoms with van der Waals surface area (Å²) in [7, 11) is 0. The van der Waals surface area contributed by atoms with E-state index in [2.05, 4.69) is 5.32 Å². The fraction of sp³-hybridized carbons (Fsp3) is 0.300. The molecule has 2 aliphatic rings. The molecule has 0 aromatic heterocycles. The highest BCUT2D eigenvalue weighted by atomic mass is 35.5. The molecular weight excluding hydrogens is 352 g/mol. The lowest BCUT2D eigenvalue weighted by molar-refractivity contribution is -0.118. The van der Waals surface area contributed by atoms with Crippen molar-refractivity contribution >= 4 is 34.8 Å². The maximum atomic E-state index is 13.0. The van der Waals surface area contributed by atoms with Crippen molar-refractivity contribution in [2.24, 2.45) is 0 Å². The number of carbonyl (C=O) groups is 2. The van der Waals surface area contributed by atoms with Gasteiger partial charge in [0.25, 0.3) is 0 Å². The second kappa shape index (κ2) is 6.65. The van der Waals surface area contributed by atoms with Crippen molar-refractivity contribution in [1.29, 1.82) is 0 Å². The topological polar surface area (TPSA) is 58.6 Å². The summed E-state index contributed by atoms with van der Waals surface area (Å²) >= 11 is 6.27. The molecule has 6 heteroatoms. The van der Waals surface area contributed by atoms with E-state index in [-0.39, 0.29) is 24.3 Å². The maximum absolute atomic E-state index is 13.0. The number of para-hydroxylation sites is 1. The number of benzene rings is 2. The smallest absolute Gasteiger partial charge is 0.231 e. The predicted molar refractivity (Wildman–Crippen MR) is 101 cm³/mol. The summed E-state index contributed by atoms with van der Waals surface area (Å²) in [6.07, 6.45) is 1.37. The van der Waals surface area contributed by atoms with Crippen molar-refractivity contribution in [2.75, 3.05) is 16.8 Å². The molecule has 5 nitrogen and oxygen atoms in total. The highest BCUT2D eigenvalue weighted by molar-refractivity contribution is 6.32. The van der Waals surface area contributed by atoms with Crippen LogP contribution in [0.5, 0.6) is 5.75 Å². The van der Waals surface area contributed by atoms with E-state index in [9.17, 15) is 9.59 Å². The SMILES string of the molecule is CCC1CN(C(=O)Cc2ccc3c(c2)NC(=O)C3)c2cccc(Cl)c2O1. The molecule has 134 valence electrons. The summed E-state index contributed by atoms with van der Waals surface area (Å²) in [6.45, 7) is 2.53. The zero-order chi connectivity index (χ0) is 18.3. The van der Waals surface area contributed by atoms with Crippen molar-refractivity contribution in [3.8, 4) is 5.75 Å². The van der Waals surface area contributed by atoms with E-state index in [0.717, 1.165) is 23.2 Å². The zero-order valence-corrected chi connectivity index (χ0v) is 15.2. The largest absolute Gasteiger partial charge is 0.485 e. The van der Waals surface area contributed by atoms with Crippen LogP contribution in [0, 0.1) is 0 Å². The van der Waals surface area contributed by atoms with Crippen molar-refractivity contribution in [1.82, 2.24) is 0 Å². The van der Waals surface area contributed by atoms with Gasteiger partial charge in [-0.15, -0.1) is 0 Å². The number of nitrogens with one attached hydrogen (secondary N) is 1. The number of hydrogen-bond donors (Lipinski definition) is 1. The predicted octanol–water partition coefficient (Wildman–Crippen LogP) is 3.58. The fourth-order valence-electron chi connectivity index (χ4n) is 3.42. The Labute approximate surface area is 156 Å². The minimum Gasteiger partial charge on any atom is -0.485 e. The van der Waals surface area contributed by atoms with Crippen LogP contribution in [-0.2, 0) is 22.4 Å². The lowest BCUT2D eigenvalue weighted by Gasteiger charge is -2.35. The van der Waals surface area contributed by atoms with Crippen LogP contribution in [0.4, 0.5) is 11.4 Å². The van der Waals surface area contributed by atoms with Gasteiger partial charge in [0, 0.05) is 5.69 Å². The van der Waals surface area contributed by atoms with Crippen LogP contribution < -0.4 is 15.0 Å². The van der Waals surface area contributed by atoms with Crippen LogP contribution in [0.25, 0.3) is 0 Å². The summed E-state index contributed by atoms with van der Waals surface area (Å²) in [6, 6.07) is 11.2. The Morgan fingerprint density at radius 2 is 2.19 bits per heavy atom. The molecule has 2 aromatic carbocycles. The van der Waals surface area contributed by atoms with Gasteiger partial charge in [-0.3, -0.25) is 9.59 Å². The van der Waals surface area contributed by atoms with Crippen LogP contribution in [0.3, 0.4) is 0 Å². The van der Waals surface area contributed by atoms with E-state index in [1.807, 2.05) is 37.3 Å². The molecule has 0 saturated heterocycles. The first-order valence-corrected chi connectivity index (χ1v) is 9.10. The third kappa shape index (κ3) is 3.03. The quantitative estimate of drug-likeness (QED) is 0.898. The third-order valence-corrected chi connectivity index (χ3v) is 5.12. The molecule has 0 saturated carbocycles. The van der Waals surface area contributed by atoms with Crippen molar-refractivity contribution in [3.05, 3.63) is 52.5 Å². The van der Waals surface area contributed by atoms with E-state index in [4.69, 9.17) is 16.3 Å². The average Bonchev–Trinajstić information content (AvgIpc) is 3.00. The Morgan fingerprint density at radius 1 is 1.35 bits per heavy atom. The van der Waals surface area contributed by atoms with E-state index in [1.165, 1.54) is 0 Å². The molecule has 2 aliphatic heterocycles. The fourth-order valence-corrected chi connectivity index (χ4v) is 3.64. The molecule has 0 aliphatic carbocycles. The molecule has 2 aromatic rings. The first-order chi connectivity index (χ1) is 12.5. The van der Waals surface area contributed by atoms with Crippen LogP contribution in [0.15, 0.2) is 36.4 Å². The number of halogens is 1. The summed E-state index contributed by atoms with van der Waals surface area (Å²) in [4.78, 5) is 26.3. The molecule has 0 bridgehead atoms. The van der Waals surface area contributed by atoms with Gasteiger partial charge in [0.2, 0.25) is 11.8 Å². The molecule has 1 unspecified atom stereocenters. The van der Waals surface area contributed by atoms with Gasteiger partial charge < -0.3 is 15.0 Å². The Hall–Kier alpha value is -2.53. The van der Waals surface area contributed by atoms with E-state index in [0.29, 0.717) is 29.4 Å². The van der Waals surface area contributed by atoms with Gasteiger partial charge in [-0.05, 0) is 35.7 Å². The lowest BCUT2D eigenvalue weighted by atomic mass is 10.1. The normalized spacial score (nSPS) is 18.0. The highest BCUT2D eigenvalue weighted by Crippen LogP contribution is 2.40. The highest BCUT2D eigenvalue weighted by Gasteiger charge is 2.30. The number of nitrogens with zero attached hydrogens (tertiary/aromatic N) is 1. The van der Waals surface area contributed by atoms with E-state index in [1.54, 1.807) is 11.0 Å². The van der Waals surface area contributed by atoms with Gasteiger partial charge in [0.05, 0.1) is 30.1 Å². The molecule has 4 rings (SSSR count). The number of hydrogen-bond acceptors (Lipinski definition) is 3. The number of anilines is 2. The monoisotopic (exact) mass is 370 g/mol. The maximum Gasteiger partial charge on any atom is 0.231 e. The first kappa shape index (κ1) is 16.9. The Kier molecular flexibility index (Phi) is 4.32. The second-order valence-corrected chi connectivity index (χ2v) is 7.04. The van der Waals surface area contributed by atoms with E-state index >= 15 is 0 Å². The van der Waals surface area contributed by atoms with Crippen molar-refractivity contribution in [3.63, 3.8) is 0 Å². The second-order valence-electron chi connectivity index (χ2n) is 6.63. The van der Waals surface area contributed by atoms with Crippen LogP contribution in [-0.4, -0.2) is 24.5 Å². The number of ether oxygens (including phenoxy) is 1. The van der Waals surface area contributed by atoms with Gasteiger partial charge in [-0.25, -0.2) is 0 Å². The lowest BCUT2D eigenvalue weighted by Crippen LogP contribution is -2.44. The summed E-state index contributed by atoms with van der Waals surface area (Å²) in [5, 5.41) is 3.34. The molecule has 0 fully saturated rings. The summed E-state index contributed by atoms with van der Waals surface area (Å²) in [5.74, 6) is 0.549. The van der Waals surface area contributed by atoms with Crippen molar-refractivity contribution in [2.45, 2.75) is 32.3 Å². The molecule has 26 heavy (non-hydrogen) atoms. The van der Waals surface area contributed by atoms with Crippen molar-refractivity contribution < 1.29 is 14.3 Å². The number of fused-ring (bicyclic) bond motifs is 2. The van der Waals surface area contributed by atoms with E-state index < -0.39 is 0 Å². The average molecular weight is 371 g/mol. The third-order valence-electron chi connectivity index (χ3n) is 4.82. The first-order valence-electron chi connectivity index (χ1n) is 8.72. The van der Waals surface area contributed by atoms with Crippen LogP contribution >= 0.6 is 11.6 Å². The minimum atomic E-state index is -0.0781. The van der Waals surface area contributed by atoms with Gasteiger partial charge in [-0.1, -0.05) is 36.7 Å². The minimum absolute atomic E-state index is 0.00832. The zero-order valence-electron chi connectivity index (χ0n) is 14.4. The molecule has 0 radical (unpaired) electrons. The number of carbonyl (C=O) groups excluding carboxylic acids is 2. The summed E-state index contributed by atoms with van der Waals surface area (Å²) in [5.41, 5.74) is 3.36. The molecule has 0 spiro atoms.